The lowest BCUT2D eigenvalue weighted by atomic mass is 10.2. The average Bonchev–Trinajstić information content (AvgIpc) is 3.20. The summed E-state index contributed by atoms with van der Waals surface area (Å²) in [5.41, 5.74) is 5.94. The third kappa shape index (κ3) is 4.14. The molecule has 2 rings (SSSR count). The van der Waals surface area contributed by atoms with Gasteiger partial charge in [0.05, 0.1) is 6.04 Å². The second kappa shape index (κ2) is 6.78. The van der Waals surface area contributed by atoms with Crippen molar-refractivity contribution in [1.29, 1.82) is 0 Å². The summed E-state index contributed by atoms with van der Waals surface area (Å²) < 4.78 is 0. The second-order valence-corrected chi connectivity index (χ2v) is 6.44. The van der Waals surface area contributed by atoms with E-state index < -0.39 is 0 Å². The summed E-state index contributed by atoms with van der Waals surface area (Å²) in [6.45, 7) is 5.01. The molecule has 2 fully saturated rings. The van der Waals surface area contributed by atoms with Crippen molar-refractivity contribution in [3.63, 3.8) is 0 Å². The monoisotopic (exact) mass is 271 g/mol. The molecule has 1 atom stereocenters. The van der Waals surface area contributed by atoms with Crippen molar-refractivity contribution in [1.82, 2.24) is 9.80 Å². The quantitative estimate of drug-likeness (QED) is 0.769. The molecule has 1 amide bonds. The van der Waals surface area contributed by atoms with E-state index in [1.54, 1.807) is 11.8 Å². The first kappa shape index (κ1) is 14.2. The number of thioether (sulfide) groups is 1. The Kier molecular flexibility index (Phi) is 5.33. The summed E-state index contributed by atoms with van der Waals surface area (Å²) in [7, 11) is 0. The highest BCUT2D eigenvalue weighted by molar-refractivity contribution is 7.98. The van der Waals surface area contributed by atoms with Crippen LogP contribution in [-0.4, -0.2) is 66.5 Å². The van der Waals surface area contributed by atoms with Crippen LogP contribution in [-0.2, 0) is 4.79 Å². The summed E-state index contributed by atoms with van der Waals surface area (Å²) in [5, 5.41) is 0. The predicted molar refractivity (Wildman–Crippen MR) is 76.7 cm³/mol. The summed E-state index contributed by atoms with van der Waals surface area (Å²) in [6, 6.07) is -0.299. The highest BCUT2D eigenvalue weighted by atomic mass is 32.2. The Balaban J connectivity index is 1.68. The largest absolute Gasteiger partial charge is 0.339 e. The number of piperazine rings is 1. The summed E-state index contributed by atoms with van der Waals surface area (Å²) in [5.74, 6) is 2.06. The van der Waals surface area contributed by atoms with Crippen molar-refractivity contribution in [3.8, 4) is 0 Å². The minimum absolute atomic E-state index is 0.148. The van der Waals surface area contributed by atoms with Crippen molar-refractivity contribution in [3.05, 3.63) is 0 Å². The molecule has 2 N–H and O–H groups in total. The molecular weight excluding hydrogens is 246 g/mol. The van der Waals surface area contributed by atoms with E-state index in [4.69, 9.17) is 5.73 Å². The van der Waals surface area contributed by atoms with Crippen LogP contribution in [0.15, 0.2) is 0 Å². The molecule has 5 heteroatoms. The maximum atomic E-state index is 12.1. The first-order chi connectivity index (χ1) is 8.70. The zero-order valence-electron chi connectivity index (χ0n) is 11.3. The van der Waals surface area contributed by atoms with E-state index >= 15 is 0 Å². The number of rotatable bonds is 6. The van der Waals surface area contributed by atoms with Crippen LogP contribution >= 0.6 is 11.8 Å². The Bertz CT molecular complexity index is 275. The Morgan fingerprint density at radius 1 is 1.33 bits per heavy atom. The molecule has 1 saturated carbocycles. The molecule has 0 radical (unpaired) electrons. The standard InChI is InChI=1S/C13H25N3OS/c1-18-9-4-12(14)13(17)16-7-5-15(6-8-16)10-11-2-3-11/h11-12H,2-10,14H2,1H3/t12-/m0/s1. The molecule has 1 aliphatic heterocycles. The summed E-state index contributed by atoms with van der Waals surface area (Å²) in [4.78, 5) is 16.6. The van der Waals surface area contributed by atoms with Crippen LogP contribution in [0.3, 0.4) is 0 Å². The van der Waals surface area contributed by atoms with Gasteiger partial charge in [-0.3, -0.25) is 9.69 Å². The van der Waals surface area contributed by atoms with Crippen LogP contribution in [0.25, 0.3) is 0 Å². The molecule has 0 aromatic carbocycles. The lowest BCUT2D eigenvalue weighted by molar-refractivity contribution is -0.134. The van der Waals surface area contributed by atoms with Gasteiger partial charge < -0.3 is 10.6 Å². The van der Waals surface area contributed by atoms with Gasteiger partial charge in [0.2, 0.25) is 5.91 Å². The molecule has 104 valence electrons. The van der Waals surface area contributed by atoms with Gasteiger partial charge in [-0.15, -0.1) is 0 Å². The fraction of sp³-hybridized carbons (Fsp3) is 0.923. The van der Waals surface area contributed by atoms with Crippen LogP contribution in [0, 0.1) is 5.92 Å². The van der Waals surface area contributed by atoms with Gasteiger partial charge in [-0.1, -0.05) is 0 Å². The van der Waals surface area contributed by atoms with E-state index in [1.807, 2.05) is 11.2 Å². The number of carbonyl (C=O) groups is 1. The zero-order chi connectivity index (χ0) is 13.0. The van der Waals surface area contributed by atoms with Crippen molar-refractivity contribution in [2.24, 2.45) is 11.7 Å². The molecule has 0 bridgehead atoms. The van der Waals surface area contributed by atoms with E-state index in [2.05, 4.69) is 4.90 Å². The summed E-state index contributed by atoms with van der Waals surface area (Å²) in [6.07, 6.45) is 5.65. The lowest BCUT2D eigenvalue weighted by Crippen LogP contribution is -2.53. The Morgan fingerprint density at radius 3 is 2.56 bits per heavy atom. The second-order valence-electron chi connectivity index (χ2n) is 5.46. The Hall–Kier alpha value is -0.260. The molecule has 1 heterocycles. The van der Waals surface area contributed by atoms with E-state index in [1.165, 1.54) is 19.4 Å². The topological polar surface area (TPSA) is 49.6 Å². The van der Waals surface area contributed by atoms with E-state index in [0.29, 0.717) is 0 Å². The molecule has 0 aromatic heterocycles. The van der Waals surface area contributed by atoms with Gasteiger partial charge in [0.25, 0.3) is 0 Å². The SMILES string of the molecule is CSCC[C@H](N)C(=O)N1CCN(CC2CC2)CC1. The van der Waals surface area contributed by atoms with E-state index in [0.717, 1.165) is 44.3 Å². The van der Waals surface area contributed by atoms with Gasteiger partial charge in [-0.2, -0.15) is 11.8 Å². The van der Waals surface area contributed by atoms with Gasteiger partial charge in [-0.05, 0) is 37.2 Å². The molecule has 0 aromatic rings. The van der Waals surface area contributed by atoms with Crippen LogP contribution < -0.4 is 5.73 Å². The number of hydrogen-bond acceptors (Lipinski definition) is 4. The smallest absolute Gasteiger partial charge is 0.239 e. The highest BCUT2D eigenvalue weighted by Crippen LogP contribution is 2.29. The van der Waals surface area contributed by atoms with Gasteiger partial charge in [-0.25, -0.2) is 0 Å². The fourth-order valence-electron chi connectivity index (χ4n) is 2.42. The number of hydrogen-bond donors (Lipinski definition) is 1. The van der Waals surface area contributed by atoms with Gasteiger partial charge >= 0.3 is 0 Å². The molecule has 4 nitrogen and oxygen atoms in total. The predicted octanol–water partition coefficient (Wildman–Crippen LogP) is 0.621. The molecule has 1 aliphatic carbocycles. The van der Waals surface area contributed by atoms with E-state index in [-0.39, 0.29) is 11.9 Å². The molecule has 18 heavy (non-hydrogen) atoms. The molecule has 0 unspecified atom stereocenters. The van der Waals surface area contributed by atoms with Crippen LogP contribution in [0.5, 0.6) is 0 Å². The highest BCUT2D eigenvalue weighted by Gasteiger charge is 2.28. The minimum atomic E-state index is -0.299. The minimum Gasteiger partial charge on any atom is -0.339 e. The van der Waals surface area contributed by atoms with Crippen LogP contribution in [0.2, 0.25) is 0 Å². The lowest BCUT2D eigenvalue weighted by Gasteiger charge is -2.36. The maximum Gasteiger partial charge on any atom is 0.239 e. The third-order valence-electron chi connectivity index (χ3n) is 3.85. The molecule has 2 aliphatic rings. The number of nitrogens with zero attached hydrogens (tertiary/aromatic N) is 2. The molecule has 1 saturated heterocycles. The average molecular weight is 271 g/mol. The Morgan fingerprint density at radius 2 is 2.00 bits per heavy atom. The van der Waals surface area contributed by atoms with Crippen LogP contribution in [0.4, 0.5) is 0 Å². The normalized spacial score (nSPS) is 23.1. The first-order valence-corrected chi connectivity index (χ1v) is 8.35. The number of amides is 1. The summed E-state index contributed by atoms with van der Waals surface area (Å²) >= 11 is 1.75. The van der Waals surface area contributed by atoms with Crippen molar-refractivity contribution in [2.45, 2.75) is 25.3 Å². The van der Waals surface area contributed by atoms with E-state index in [9.17, 15) is 4.79 Å². The molecular formula is C13H25N3OS. The fourth-order valence-corrected chi connectivity index (χ4v) is 2.91. The maximum absolute atomic E-state index is 12.1. The zero-order valence-corrected chi connectivity index (χ0v) is 12.1. The van der Waals surface area contributed by atoms with Crippen molar-refractivity contribution >= 4 is 17.7 Å². The van der Waals surface area contributed by atoms with Gasteiger partial charge in [0.15, 0.2) is 0 Å². The Labute approximate surface area is 114 Å². The van der Waals surface area contributed by atoms with Gasteiger partial charge in [0.1, 0.15) is 0 Å². The van der Waals surface area contributed by atoms with Crippen molar-refractivity contribution < 1.29 is 4.79 Å². The third-order valence-corrected chi connectivity index (χ3v) is 4.49. The number of carbonyl (C=O) groups excluding carboxylic acids is 1. The van der Waals surface area contributed by atoms with Crippen molar-refractivity contribution in [2.75, 3.05) is 44.7 Å². The first-order valence-electron chi connectivity index (χ1n) is 6.96. The van der Waals surface area contributed by atoms with Gasteiger partial charge in [0, 0.05) is 32.7 Å². The number of nitrogens with two attached hydrogens (primary N) is 1. The van der Waals surface area contributed by atoms with Crippen LogP contribution in [0.1, 0.15) is 19.3 Å². The molecule has 0 spiro atoms.